The molecule has 4 aromatic rings. The molecule has 12 heteroatoms. The van der Waals surface area contributed by atoms with Crippen LogP contribution in [0.4, 0.5) is 22.5 Å². The number of rotatable bonds is 6. The summed E-state index contributed by atoms with van der Waals surface area (Å²) < 4.78 is 0.940. The zero-order valence-corrected chi connectivity index (χ0v) is 16.3. The Labute approximate surface area is 173 Å². The van der Waals surface area contributed by atoms with Crippen LogP contribution in [0.5, 0.6) is 0 Å². The molecule has 0 unspecified atom stereocenters. The molecule has 0 saturated heterocycles. The van der Waals surface area contributed by atoms with E-state index >= 15 is 0 Å². The summed E-state index contributed by atoms with van der Waals surface area (Å²) in [5.41, 5.74) is 6.32. The number of nitrogens with one attached hydrogen (secondary N) is 3. The van der Waals surface area contributed by atoms with Gasteiger partial charge in [-0.25, -0.2) is 15.0 Å². The highest BCUT2D eigenvalue weighted by Gasteiger charge is 2.24. The largest absolute Gasteiger partial charge is 0.355 e. The number of anilines is 3. The number of nitro groups is 1. The van der Waals surface area contributed by atoms with Crippen molar-refractivity contribution < 1.29 is 9.72 Å². The van der Waals surface area contributed by atoms with Crippen LogP contribution in [0.3, 0.4) is 0 Å². The van der Waals surface area contributed by atoms with Crippen LogP contribution >= 0.6 is 11.3 Å². The smallest absolute Gasteiger partial charge is 0.310 e. The van der Waals surface area contributed by atoms with Gasteiger partial charge < -0.3 is 5.32 Å². The molecule has 0 aliphatic heterocycles. The van der Waals surface area contributed by atoms with Crippen molar-refractivity contribution in [1.29, 1.82) is 0 Å². The van der Waals surface area contributed by atoms with Crippen LogP contribution in [0, 0.1) is 17.0 Å². The number of nitrogens with zero attached hydrogens (tertiary/aromatic N) is 5. The molecule has 0 saturated carbocycles. The Kier molecular flexibility index (Phi) is 5.13. The predicted octanol–water partition coefficient (Wildman–Crippen LogP) is 3.20. The first-order valence-corrected chi connectivity index (χ1v) is 9.44. The fraction of sp³-hybridized carbons (Fsp3) is 0.0556. The summed E-state index contributed by atoms with van der Waals surface area (Å²) in [5, 5.41) is 15.0. The lowest BCUT2D eigenvalue weighted by Crippen LogP contribution is -2.31. The number of benzene rings is 1. The fourth-order valence-electron chi connectivity index (χ4n) is 2.65. The summed E-state index contributed by atoms with van der Waals surface area (Å²) in [5.74, 6) is -0.806. The highest BCUT2D eigenvalue weighted by atomic mass is 32.1. The van der Waals surface area contributed by atoms with Crippen molar-refractivity contribution in [1.82, 2.24) is 25.4 Å². The number of thiazole rings is 1. The predicted molar refractivity (Wildman–Crippen MR) is 112 cm³/mol. The minimum Gasteiger partial charge on any atom is -0.310 e. The SMILES string of the molecule is Cc1cccc2sc(Nc3ncnc(NNC(=O)c4ccccn4)c3[N+](=O)[O-])nc12. The van der Waals surface area contributed by atoms with Gasteiger partial charge in [-0.05, 0) is 30.7 Å². The lowest BCUT2D eigenvalue weighted by atomic mass is 10.2. The summed E-state index contributed by atoms with van der Waals surface area (Å²) in [6, 6.07) is 10.6. The quantitative estimate of drug-likeness (QED) is 0.314. The number of hydrogen-bond donors (Lipinski definition) is 3. The molecular weight excluding hydrogens is 408 g/mol. The van der Waals surface area contributed by atoms with Gasteiger partial charge in [-0.15, -0.1) is 0 Å². The second kappa shape index (κ2) is 8.05. The molecular formula is C18H14N8O3S. The van der Waals surface area contributed by atoms with E-state index in [0.717, 1.165) is 22.1 Å². The van der Waals surface area contributed by atoms with E-state index in [1.807, 2.05) is 25.1 Å². The minimum atomic E-state index is -0.643. The van der Waals surface area contributed by atoms with E-state index in [9.17, 15) is 14.9 Å². The van der Waals surface area contributed by atoms with E-state index in [1.165, 1.54) is 23.6 Å². The molecule has 3 N–H and O–H groups in total. The molecule has 4 rings (SSSR count). The summed E-state index contributed by atoms with van der Waals surface area (Å²) in [6.07, 6.45) is 2.60. The Morgan fingerprint density at radius 2 is 1.93 bits per heavy atom. The molecule has 0 aliphatic carbocycles. The van der Waals surface area contributed by atoms with Crippen molar-refractivity contribution >= 4 is 49.9 Å². The van der Waals surface area contributed by atoms with Gasteiger partial charge in [0.1, 0.15) is 12.0 Å². The van der Waals surface area contributed by atoms with Crippen molar-refractivity contribution in [2.24, 2.45) is 0 Å². The molecule has 0 radical (unpaired) electrons. The number of pyridine rings is 1. The van der Waals surface area contributed by atoms with Crippen LogP contribution in [0.2, 0.25) is 0 Å². The van der Waals surface area contributed by atoms with Gasteiger partial charge in [0.25, 0.3) is 5.91 Å². The highest BCUT2D eigenvalue weighted by molar-refractivity contribution is 7.22. The number of para-hydroxylation sites is 1. The molecule has 0 aliphatic rings. The average Bonchev–Trinajstić information content (AvgIpc) is 3.16. The molecule has 1 aromatic carbocycles. The first-order chi connectivity index (χ1) is 14.5. The van der Waals surface area contributed by atoms with Crippen molar-refractivity contribution in [3.63, 3.8) is 0 Å². The summed E-state index contributed by atoms with van der Waals surface area (Å²) in [6.45, 7) is 1.94. The van der Waals surface area contributed by atoms with E-state index in [2.05, 4.69) is 36.1 Å². The average molecular weight is 422 g/mol. The zero-order valence-electron chi connectivity index (χ0n) is 15.5. The molecule has 0 fully saturated rings. The van der Waals surface area contributed by atoms with Gasteiger partial charge in [0.2, 0.25) is 11.6 Å². The second-order valence-corrected chi connectivity index (χ2v) is 7.07. The maximum Gasteiger partial charge on any atom is 0.355 e. The third kappa shape index (κ3) is 3.84. The van der Waals surface area contributed by atoms with Gasteiger partial charge >= 0.3 is 5.69 Å². The van der Waals surface area contributed by atoms with Gasteiger partial charge in [-0.2, -0.15) is 0 Å². The summed E-state index contributed by atoms with van der Waals surface area (Å²) in [4.78, 5) is 39.4. The Balaban J connectivity index is 1.60. The molecule has 0 atom stereocenters. The minimum absolute atomic E-state index is 0.0544. The van der Waals surface area contributed by atoms with E-state index in [1.54, 1.807) is 12.1 Å². The third-order valence-corrected chi connectivity index (χ3v) is 4.98. The molecule has 0 bridgehead atoms. The molecule has 3 heterocycles. The number of hydrazine groups is 1. The Bertz CT molecular complexity index is 1240. The lowest BCUT2D eigenvalue weighted by Gasteiger charge is -2.09. The van der Waals surface area contributed by atoms with Crippen molar-refractivity contribution in [2.45, 2.75) is 6.92 Å². The second-order valence-electron chi connectivity index (χ2n) is 6.04. The van der Waals surface area contributed by atoms with Crippen LogP contribution in [0.1, 0.15) is 16.1 Å². The monoisotopic (exact) mass is 422 g/mol. The van der Waals surface area contributed by atoms with E-state index in [0.29, 0.717) is 5.13 Å². The molecule has 1 amide bonds. The van der Waals surface area contributed by atoms with Gasteiger partial charge in [-0.1, -0.05) is 29.5 Å². The van der Waals surface area contributed by atoms with Crippen molar-refractivity contribution in [2.75, 3.05) is 10.7 Å². The van der Waals surface area contributed by atoms with E-state index in [4.69, 9.17) is 0 Å². The molecule has 0 spiro atoms. The van der Waals surface area contributed by atoms with Gasteiger partial charge in [0.05, 0.1) is 15.1 Å². The molecule has 30 heavy (non-hydrogen) atoms. The fourth-order valence-corrected chi connectivity index (χ4v) is 3.60. The zero-order chi connectivity index (χ0) is 21.1. The van der Waals surface area contributed by atoms with Crippen molar-refractivity contribution in [3.05, 3.63) is 70.3 Å². The standard InChI is InChI=1S/C18H14N8O3S/c1-10-5-4-7-12-13(10)22-18(30-12)23-15-14(26(28)29)16(21-9-20-15)24-25-17(27)11-6-2-3-8-19-11/h2-9H,1H3,(H,25,27)(H2,20,21,22,23,24). The molecule has 3 aromatic heterocycles. The number of aryl methyl sites for hydroxylation is 1. The van der Waals surface area contributed by atoms with Crippen LogP contribution < -0.4 is 16.2 Å². The van der Waals surface area contributed by atoms with Crippen LogP contribution in [-0.4, -0.2) is 30.8 Å². The van der Waals surface area contributed by atoms with Gasteiger partial charge in [0.15, 0.2) is 5.13 Å². The van der Waals surface area contributed by atoms with Gasteiger partial charge in [0, 0.05) is 6.20 Å². The maximum absolute atomic E-state index is 12.1. The highest BCUT2D eigenvalue weighted by Crippen LogP contribution is 2.34. The first-order valence-electron chi connectivity index (χ1n) is 8.63. The molecule has 11 nitrogen and oxygen atoms in total. The number of fused-ring (bicyclic) bond motifs is 1. The Morgan fingerprint density at radius 3 is 2.67 bits per heavy atom. The maximum atomic E-state index is 12.1. The van der Waals surface area contributed by atoms with E-state index < -0.39 is 16.5 Å². The Hall–Kier alpha value is -4.19. The Morgan fingerprint density at radius 1 is 1.10 bits per heavy atom. The summed E-state index contributed by atoms with van der Waals surface area (Å²) in [7, 11) is 0. The number of carbonyl (C=O) groups is 1. The van der Waals surface area contributed by atoms with Gasteiger partial charge in [-0.3, -0.25) is 30.7 Å². The lowest BCUT2D eigenvalue weighted by molar-refractivity contribution is -0.383. The number of hydrogen-bond acceptors (Lipinski definition) is 10. The number of carbonyl (C=O) groups excluding carboxylic acids is 1. The van der Waals surface area contributed by atoms with Crippen LogP contribution in [0.25, 0.3) is 10.2 Å². The first kappa shape index (κ1) is 19.1. The number of amides is 1. The summed E-state index contributed by atoms with van der Waals surface area (Å²) >= 11 is 1.34. The molecule has 150 valence electrons. The van der Waals surface area contributed by atoms with E-state index in [-0.39, 0.29) is 17.3 Å². The topological polar surface area (TPSA) is 148 Å². The van der Waals surface area contributed by atoms with Crippen molar-refractivity contribution in [3.8, 4) is 0 Å². The number of aromatic nitrogens is 4. The van der Waals surface area contributed by atoms with Crippen LogP contribution in [-0.2, 0) is 0 Å². The van der Waals surface area contributed by atoms with Crippen LogP contribution in [0.15, 0.2) is 48.9 Å². The third-order valence-electron chi connectivity index (χ3n) is 4.04. The normalized spacial score (nSPS) is 10.6.